The van der Waals surface area contributed by atoms with Gasteiger partial charge in [-0.2, -0.15) is 5.10 Å². The number of para-hydroxylation sites is 1. The molecule has 0 spiro atoms. The van der Waals surface area contributed by atoms with Crippen LogP contribution in [0.5, 0.6) is 0 Å². The van der Waals surface area contributed by atoms with E-state index in [0.29, 0.717) is 48.5 Å². The van der Waals surface area contributed by atoms with Gasteiger partial charge >= 0.3 is 0 Å². The van der Waals surface area contributed by atoms with Gasteiger partial charge in [0.15, 0.2) is 0 Å². The third-order valence-corrected chi connectivity index (χ3v) is 7.66. The summed E-state index contributed by atoms with van der Waals surface area (Å²) in [5.41, 5.74) is 6.16. The Morgan fingerprint density at radius 2 is 1.65 bits per heavy atom. The zero-order valence-corrected chi connectivity index (χ0v) is 26.4. The number of nitrogens with zero attached hydrogens (tertiary/aromatic N) is 2. The van der Waals surface area contributed by atoms with E-state index in [4.69, 9.17) is 0 Å². The molecule has 0 bridgehead atoms. The topological polar surface area (TPSA) is 123 Å². The molecule has 1 aliphatic heterocycles. The Kier molecular flexibility index (Phi) is 12.0. The SMILES string of the molecule is CCCN(CCC)C(=O)c1cc(C)cc(C(=O)N[C@@H](Cc2cc(F)cc(F)c2)[C@H](O)CNc2ccccc2C2=NNC(=O)CC2)c1. The van der Waals surface area contributed by atoms with E-state index >= 15 is 0 Å². The number of hydrazone groups is 1. The van der Waals surface area contributed by atoms with E-state index in [1.807, 2.05) is 38.1 Å². The number of aliphatic hydroxyl groups excluding tert-OH is 1. The molecule has 0 radical (unpaired) electrons. The van der Waals surface area contributed by atoms with Gasteiger partial charge in [0.1, 0.15) is 11.6 Å². The summed E-state index contributed by atoms with van der Waals surface area (Å²) >= 11 is 0. The number of anilines is 1. The first kappa shape index (κ1) is 34.2. The predicted octanol–water partition coefficient (Wildman–Crippen LogP) is 4.96. The molecule has 0 saturated heterocycles. The zero-order chi connectivity index (χ0) is 33.2. The molecule has 3 aromatic rings. The molecule has 1 aliphatic rings. The van der Waals surface area contributed by atoms with Gasteiger partial charge in [-0.3, -0.25) is 14.4 Å². The van der Waals surface area contributed by atoms with Gasteiger partial charge in [-0.25, -0.2) is 14.2 Å². The van der Waals surface area contributed by atoms with Crippen LogP contribution in [0.15, 0.2) is 65.8 Å². The largest absolute Gasteiger partial charge is 0.389 e. The number of halogens is 2. The first-order valence-electron chi connectivity index (χ1n) is 15.6. The molecule has 244 valence electrons. The maximum Gasteiger partial charge on any atom is 0.253 e. The summed E-state index contributed by atoms with van der Waals surface area (Å²) in [4.78, 5) is 40.3. The van der Waals surface area contributed by atoms with Crippen molar-refractivity contribution < 1.29 is 28.3 Å². The Morgan fingerprint density at radius 1 is 0.978 bits per heavy atom. The van der Waals surface area contributed by atoms with E-state index in [-0.39, 0.29) is 35.9 Å². The maximum absolute atomic E-state index is 14.1. The zero-order valence-electron chi connectivity index (χ0n) is 26.4. The number of amides is 3. The lowest BCUT2D eigenvalue weighted by Crippen LogP contribution is -2.47. The van der Waals surface area contributed by atoms with Gasteiger partial charge in [-0.05, 0) is 73.7 Å². The van der Waals surface area contributed by atoms with Gasteiger partial charge in [0, 0.05) is 60.9 Å². The van der Waals surface area contributed by atoms with E-state index in [1.165, 1.54) is 6.07 Å². The van der Waals surface area contributed by atoms with E-state index in [1.54, 1.807) is 24.0 Å². The second-order valence-corrected chi connectivity index (χ2v) is 11.5. The number of carbonyl (C=O) groups excluding carboxylic acids is 3. The maximum atomic E-state index is 14.1. The molecule has 0 saturated carbocycles. The summed E-state index contributed by atoms with van der Waals surface area (Å²) < 4.78 is 28.2. The van der Waals surface area contributed by atoms with Gasteiger partial charge in [0.2, 0.25) is 5.91 Å². The Bertz CT molecular complexity index is 1570. The standard InChI is InChI=1S/C35H41F2N5O4/c1-4-12-42(13-5-2)35(46)25-15-22(3)14-24(19-25)34(45)39-31(18-23-16-26(36)20-27(37)17-23)32(43)21-38-29-9-7-6-8-28(29)30-10-11-33(44)41-40-30/h6-9,14-17,19-20,31-32,38,43H,4-5,10-13,18,21H2,1-3H3,(H,39,45)(H,41,44)/t31-,32+/m0/s1. The lowest BCUT2D eigenvalue weighted by atomic mass is 9.98. The van der Waals surface area contributed by atoms with Crippen molar-refractivity contribution in [1.82, 2.24) is 15.6 Å². The molecule has 1 heterocycles. The van der Waals surface area contributed by atoms with Gasteiger partial charge in [-0.1, -0.05) is 32.0 Å². The van der Waals surface area contributed by atoms with Gasteiger partial charge in [-0.15, -0.1) is 0 Å². The summed E-state index contributed by atoms with van der Waals surface area (Å²) in [6.07, 6.45) is 1.08. The normalized spacial score (nSPS) is 14.1. The highest BCUT2D eigenvalue weighted by molar-refractivity contribution is 6.07. The smallest absolute Gasteiger partial charge is 0.253 e. The lowest BCUT2D eigenvalue weighted by Gasteiger charge is -2.26. The number of benzene rings is 3. The predicted molar refractivity (Wildman–Crippen MR) is 174 cm³/mol. The molecule has 46 heavy (non-hydrogen) atoms. The number of carbonyl (C=O) groups is 3. The molecule has 4 N–H and O–H groups in total. The fraction of sp³-hybridized carbons (Fsp3) is 0.371. The van der Waals surface area contributed by atoms with E-state index < -0.39 is 29.7 Å². The summed E-state index contributed by atoms with van der Waals surface area (Å²) in [6.45, 7) is 6.95. The monoisotopic (exact) mass is 633 g/mol. The number of hydrogen-bond donors (Lipinski definition) is 4. The first-order chi connectivity index (χ1) is 22.1. The fourth-order valence-electron chi connectivity index (χ4n) is 5.51. The fourth-order valence-corrected chi connectivity index (χ4v) is 5.51. The van der Waals surface area contributed by atoms with Gasteiger partial charge in [0.05, 0.1) is 17.9 Å². The molecular weight excluding hydrogens is 592 g/mol. The summed E-state index contributed by atoms with van der Waals surface area (Å²) in [7, 11) is 0. The van der Waals surface area contributed by atoms with Crippen molar-refractivity contribution in [2.45, 2.75) is 65.0 Å². The third kappa shape index (κ3) is 9.20. The molecule has 11 heteroatoms. The number of hydrogen-bond acceptors (Lipinski definition) is 6. The number of aliphatic hydroxyl groups is 1. The van der Waals surface area contributed by atoms with Crippen molar-refractivity contribution in [3.8, 4) is 0 Å². The van der Waals surface area contributed by atoms with E-state index in [2.05, 4.69) is 21.2 Å². The minimum Gasteiger partial charge on any atom is -0.389 e. The Morgan fingerprint density at radius 3 is 2.30 bits per heavy atom. The van der Waals surface area contributed by atoms with Crippen LogP contribution in [0.4, 0.5) is 14.5 Å². The average Bonchev–Trinajstić information content (AvgIpc) is 3.02. The van der Waals surface area contributed by atoms with Gasteiger partial charge < -0.3 is 20.6 Å². The van der Waals surface area contributed by atoms with Crippen LogP contribution in [0.3, 0.4) is 0 Å². The third-order valence-electron chi connectivity index (χ3n) is 7.66. The molecule has 0 fully saturated rings. The molecule has 0 unspecified atom stereocenters. The van der Waals surface area contributed by atoms with Crippen LogP contribution in [-0.2, 0) is 11.2 Å². The molecule has 3 amide bonds. The van der Waals surface area contributed by atoms with Crippen molar-refractivity contribution in [3.63, 3.8) is 0 Å². The van der Waals surface area contributed by atoms with Crippen molar-refractivity contribution >= 4 is 29.1 Å². The van der Waals surface area contributed by atoms with Crippen LogP contribution in [0.2, 0.25) is 0 Å². The minimum absolute atomic E-state index is 0.0278. The van der Waals surface area contributed by atoms with Crippen LogP contribution >= 0.6 is 0 Å². The lowest BCUT2D eigenvalue weighted by molar-refractivity contribution is -0.121. The highest BCUT2D eigenvalue weighted by atomic mass is 19.1. The van der Waals surface area contributed by atoms with E-state index in [0.717, 1.165) is 36.6 Å². The highest BCUT2D eigenvalue weighted by Gasteiger charge is 2.25. The number of rotatable bonds is 14. The van der Waals surface area contributed by atoms with Crippen LogP contribution in [0, 0.1) is 18.6 Å². The Hall–Kier alpha value is -4.64. The molecule has 3 aromatic carbocycles. The molecule has 0 aliphatic carbocycles. The van der Waals surface area contributed by atoms with E-state index in [9.17, 15) is 28.3 Å². The second-order valence-electron chi connectivity index (χ2n) is 11.5. The quantitative estimate of drug-likeness (QED) is 0.200. The first-order valence-corrected chi connectivity index (χ1v) is 15.6. The molecule has 0 aromatic heterocycles. The van der Waals surface area contributed by atoms with Gasteiger partial charge in [0.25, 0.3) is 11.8 Å². The molecule has 9 nitrogen and oxygen atoms in total. The minimum atomic E-state index is -1.20. The van der Waals surface area contributed by atoms with Crippen molar-refractivity contribution in [2.75, 3.05) is 25.0 Å². The van der Waals surface area contributed by atoms with Crippen molar-refractivity contribution in [3.05, 3.63) is 100 Å². The summed E-state index contributed by atoms with van der Waals surface area (Å²) in [5, 5.41) is 21.6. The van der Waals surface area contributed by atoms with Crippen LogP contribution in [0.1, 0.15) is 76.9 Å². The average molecular weight is 634 g/mol. The van der Waals surface area contributed by atoms with Crippen molar-refractivity contribution in [2.24, 2.45) is 5.10 Å². The van der Waals surface area contributed by atoms with Crippen LogP contribution < -0.4 is 16.1 Å². The summed E-state index contributed by atoms with van der Waals surface area (Å²) in [6, 6.07) is 14.3. The number of nitrogens with one attached hydrogen (secondary N) is 3. The molecule has 4 rings (SSSR count). The Balaban J connectivity index is 1.57. The molecular formula is C35H41F2N5O4. The van der Waals surface area contributed by atoms with Crippen molar-refractivity contribution in [1.29, 1.82) is 0 Å². The van der Waals surface area contributed by atoms with Crippen LogP contribution in [-0.4, -0.2) is 65.2 Å². The highest BCUT2D eigenvalue weighted by Crippen LogP contribution is 2.21. The summed E-state index contributed by atoms with van der Waals surface area (Å²) in [5.74, 6) is -2.41. The molecule has 2 atom stereocenters. The Labute approximate surface area is 268 Å². The second kappa shape index (κ2) is 16.1. The van der Waals surface area contributed by atoms with Crippen LogP contribution in [0.25, 0.3) is 0 Å². The number of aryl methyl sites for hydroxylation is 1.